The molecular formula is C15H18N2O2. The van der Waals surface area contributed by atoms with Crippen molar-refractivity contribution in [3.63, 3.8) is 0 Å². The number of pyridine rings is 1. The molecule has 0 aliphatic carbocycles. The van der Waals surface area contributed by atoms with Gasteiger partial charge in [-0.1, -0.05) is 18.2 Å². The zero-order valence-electron chi connectivity index (χ0n) is 11.0. The molecule has 2 heterocycles. The zero-order valence-corrected chi connectivity index (χ0v) is 11.0. The summed E-state index contributed by atoms with van der Waals surface area (Å²) >= 11 is 0. The van der Waals surface area contributed by atoms with E-state index < -0.39 is 0 Å². The van der Waals surface area contributed by atoms with E-state index in [0.29, 0.717) is 13.1 Å². The Hall–Kier alpha value is -1.65. The van der Waals surface area contributed by atoms with Crippen LogP contribution in [0.1, 0.15) is 12.0 Å². The van der Waals surface area contributed by atoms with E-state index in [2.05, 4.69) is 4.90 Å². The first kappa shape index (κ1) is 12.4. The van der Waals surface area contributed by atoms with E-state index >= 15 is 0 Å². The first-order valence-corrected chi connectivity index (χ1v) is 6.63. The summed E-state index contributed by atoms with van der Waals surface area (Å²) < 4.78 is 1.71. The Labute approximate surface area is 111 Å². The third kappa shape index (κ3) is 2.29. The second kappa shape index (κ2) is 4.79. The lowest BCUT2D eigenvalue weighted by Gasteiger charge is -2.16. The number of hydrogen-bond donors (Lipinski definition) is 1. The molecule has 0 bridgehead atoms. The van der Waals surface area contributed by atoms with Crippen molar-refractivity contribution >= 4 is 10.9 Å². The average Bonchev–Trinajstić information content (AvgIpc) is 2.81. The largest absolute Gasteiger partial charge is 0.392 e. The van der Waals surface area contributed by atoms with Crippen molar-refractivity contribution in [1.82, 2.24) is 9.47 Å². The third-order valence-corrected chi connectivity index (χ3v) is 3.85. The summed E-state index contributed by atoms with van der Waals surface area (Å²) in [5.41, 5.74) is 1.81. The highest BCUT2D eigenvalue weighted by Gasteiger charge is 2.21. The molecule has 1 atom stereocenters. The first-order valence-electron chi connectivity index (χ1n) is 6.63. The second-order valence-electron chi connectivity index (χ2n) is 5.27. The molecular weight excluding hydrogens is 240 g/mol. The van der Waals surface area contributed by atoms with Gasteiger partial charge in [-0.15, -0.1) is 0 Å². The highest BCUT2D eigenvalue weighted by molar-refractivity contribution is 5.79. The van der Waals surface area contributed by atoms with Gasteiger partial charge < -0.3 is 9.67 Å². The lowest BCUT2D eigenvalue weighted by molar-refractivity contribution is 0.174. The number of aryl methyl sites for hydroxylation is 1. The van der Waals surface area contributed by atoms with Crippen LogP contribution >= 0.6 is 0 Å². The molecule has 3 rings (SSSR count). The van der Waals surface area contributed by atoms with Gasteiger partial charge in [0.1, 0.15) is 0 Å². The molecule has 100 valence electrons. The van der Waals surface area contributed by atoms with E-state index in [-0.39, 0.29) is 11.7 Å². The minimum Gasteiger partial charge on any atom is -0.392 e. The van der Waals surface area contributed by atoms with Crippen molar-refractivity contribution < 1.29 is 5.11 Å². The SMILES string of the molecule is Cn1c(=O)c(CN2CC[C@@H](O)C2)cc2ccccc21. The molecule has 0 saturated carbocycles. The lowest BCUT2D eigenvalue weighted by Crippen LogP contribution is -2.28. The van der Waals surface area contributed by atoms with Gasteiger partial charge in [-0.05, 0) is 23.9 Å². The predicted molar refractivity (Wildman–Crippen MR) is 75.1 cm³/mol. The van der Waals surface area contributed by atoms with E-state index in [1.54, 1.807) is 4.57 Å². The van der Waals surface area contributed by atoms with Gasteiger partial charge in [0.2, 0.25) is 0 Å². The van der Waals surface area contributed by atoms with E-state index in [9.17, 15) is 9.90 Å². The van der Waals surface area contributed by atoms with Gasteiger partial charge in [-0.2, -0.15) is 0 Å². The summed E-state index contributed by atoms with van der Waals surface area (Å²) in [6.45, 7) is 2.14. The number of hydrogen-bond acceptors (Lipinski definition) is 3. The Morgan fingerprint density at radius 2 is 2.16 bits per heavy atom. The summed E-state index contributed by atoms with van der Waals surface area (Å²) in [6.07, 6.45) is 0.553. The first-order chi connectivity index (χ1) is 9.15. The minimum atomic E-state index is -0.246. The summed E-state index contributed by atoms with van der Waals surface area (Å²) in [5.74, 6) is 0. The topological polar surface area (TPSA) is 45.5 Å². The van der Waals surface area contributed by atoms with Crippen molar-refractivity contribution in [1.29, 1.82) is 0 Å². The third-order valence-electron chi connectivity index (χ3n) is 3.85. The smallest absolute Gasteiger partial charge is 0.255 e. The number of aliphatic hydroxyl groups is 1. The number of likely N-dealkylation sites (tertiary alicyclic amines) is 1. The highest BCUT2D eigenvalue weighted by Crippen LogP contribution is 2.16. The van der Waals surface area contributed by atoms with Crippen molar-refractivity contribution in [2.24, 2.45) is 7.05 Å². The second-order valence-corrected chi connectivity index (χ2v) is 5.27. The predicted octanol–water partition coefficient (Wildman–Crippen LogP) is 1.11. The van der Waals surface area contributed by atoms with Crippen LogP contribution in [0, 0.1) is 0 Å². The van der Waals surface area contributed by atoms with E-state index in [1.807, 2.05) is 37.4 Å². The highest BCUT2D eigenvalue weighted by atomic mass is 16.3. The van der Waals surface area contributed by atoms with Gasteiger partial charge in [0.05, 0.1) is 11.6 Å². The van der Waals surface area contributed by atoms with Gasteiger partial charge in [0, 0.05) is 32.2 Å². The fraction of sp³-hybridized carbons (Fsp3) is 0.400. The van der Waals surface area contributed by atoms with E-state index in [4.69, 9.17) is 0 Å². The number of aliphatic hydroxyl groups excluding tert-OH is 1. The van der Waals surface area contributed by atoms with Crippen LogP contribution in [0.5, 0.6) is 0 Å². The van der Waals surface area contributed by atoms with Crippen molar-refractivity contribution in [3.8, 4) is 0 Å². The Morgan fingerprint density at radius 1 is 1.37 bits per heavy atom. The number of β-amino-alcohol motifs (C(OH)–C–C–N with tert-alkyl or cyclic N) is 1. The van der Waals surface area contributed by atoms with Gasteiger partial charge in [0.25, 0.3) is 5.56 Å². The van der Waals surface area contributed by atoms with Crippen molar-refractivity contribution in [2.75, 3.05) is 13.1 Å². The molecule has 1 aromatic carbocycles. The van der Waals surface area contributed by atoms with Crippen LogP contribution < -0.4 is 5.56 Å². The molecule has 1 aliphatic rings. The van der Waals surface area contributed by atoms with Crippen LogP contribution in [-0.2, 0) is 13.6 Å². The molecule has 0 amide bonds. The Bertz CT molecular complexity index is 663. The molecule has 0 unspecified atom stereocenters. The standard InChI is InChI=1S/C15H18N2O2/c1-16-14-5-3-2-4-11(14)8-12(15(16)19)9-17-7-6-13(18)10-17/h2-5,8,13,18H,6-7,9-10H2,1H3/t13-/m1/s1. The van der Waals surface area contributed by atoms with Crippen LogP contribution in [0.2, 0.25) is 0 Å². The van der Waals surface area contributed by atoms with Crippen LogP contribution in [0.4, 0.5) is 0 Å². The fourth-order valence-corrected chi connectivity index (χ4v) is 2.80. The van der Waals surface area contributed by atoms with Crippen LogP contribution in [-0.4, -0.2) is 33.8 Å². The van der Waals surface area contributed by atoms with Crippen LogP contribution in [0.15, 0.2) is 35.1 Å². The zero-order chi connectivity index (χ0) is 13.4. The molecule has 4 nitrogen and oxygen atoms in total. The summed E-state index contributed by atoms with van der Waals surface area (Å²) in [5, 5.41) is 10.6. The van der Waals surface area contributed by atoms with Gasteiger partial charge in [-0.3, -0.25) is 9.69 Å². The van der Waals surface area contributed by atoms with Crippen LogP contribution in [0.3, 0.4) is 0 Å². The molecule has 0 spiro atoms. The molecule has 0 radical (unpaired) electrons. The summed E-state index contributed by atoms with van der Waals surface area (Å²) in [6, 6.07) is 9.88. The molecule has 1 N–H and O–H groups in total. The Kier molecular flexibility index (Phi) is 3.12. The normalized spacial score (nSPS) is 20.2. The molecule has 1 fully saturated rings. The molecule has 2 aromatic rings. The van der Waals surface area contributed by atoms with E-state index in [0.717, 1.165) is 29.4 Å². The van der Waals surface area contributed by atoms with Crippen molar-refractivity contribution in [2.45, 2.75) is 19.1 Å². The molecule has 1 aliphatic heterocycles. The number of rotatable bonds is 2. The molecule has 1 saturated heterocycles. The fourth-order valence-electron chi connectivity index (χ4n) is 2.80. The summed E-state index contributed by atoms with van der Waals surface area (Å²) in [7, 11) is 1.81. The van der Waals surface area contributed by atoms with Crippen molar-refractivity contribution in [3.05, 3.63) is 46.2 Å². The quantitative estimate of drug-likeness (QED) is 0.877. The van der Waals surface area contributed by atoms with E-state index in [1.165, 1.54) is 0 Å². The minimum absolute atomic E-state index is 0.0556. The Balaban J connectivity index is 1.99. The maximum absolute atomic E-state index is 12.3. The number of aromatic nitrogens is 1. The number of fused-ring (bicyclic) bond motifs is 1. The van der Waals surface area contributed by atoms with Gasteiger partial charge in [-0.25, -0.2) is 0 Å². The lowest BCUT2D eigenvalue weighted by atomic mass is 10.1. The Morgan fingerprint density at radius 3 is 2.89 bits per heavy atom. The number of benzene rings is 1. The molecule has 4 heteroatoms. The number of para-hydroxylation sites is 1. The maximum atomic E-state index is 12.3. The van der Waals surface area contributed by atoms with Gasteiger partial charge in [0.15, 0.2) is 0 Å². The monoisotopic (exact) mass is 258 g/mol. The maximum Gasteiger partial charge on any atom is 0.255 e. The molecule has 19 heavy (non-hydrogen) atoms. The number of nitrogens with zero attached hydrogens (tertiary/aromatic N) is 2. The van der Waals surface area contributed by atoms with Crippen LogP contribution in [0.25, 0.3) is 10.9 Å². The van der Waals surface area contributed by atoms with Gasteiger partial charge >= 0.3 is 0 Å². The average molecular weight is 258 g/mol. The molecule has 1 aromatic heterocycles. The summed E-state index contributed by atoms with van der Waals surface area (Å²) in [4.78, 5) is 14.5.